The minimum atomic E-state index is -0.447. The SMILES string of the molecule is COc1c(C)c2ccc(C3CNCCO3)cc2oc1=O. The average Bonchev–Trinajstić information content (AvgIpc) is 2.48. The molecule has 2 aromatic rings. The first kappa shape index (κ1) is 13.1. The van der Waals surface area contributed by atoms with Gasteiger partial charge in [-0.25, -0.2) is 4.79 Å². The normalized spacial score (nSPS) is 19.2. The van der Waals surface area contributed by atoms with Crippen molar-refractivity contribution >= 4 is 11.0 Å². The molecule has 1 aliphatic rings. The van der Waals surface area contributed by atoms with Crippen LogP contribution in [0.4, 0.5) is 0 Å². The van der Waals surface area contributed by atoms with Gasteiger partial charge in [0.05, 0.1) is 19.8 Å². The van der Waals surface area contributed by atoms with Gasteiger partial charge in [-0.2, -0.15) is 0 Å². The molecule has 1 aliphatic heterocycles. The maximum Gasteiger partial charge on any atom is 0.379 e. The molecule has 0 spiro atoms. The van der Waals surface area contributed by atoms with E-state index in [0.29, 0.717) is 12.2 Å². The molecule has 0 aliphatic carbocycles. The Morgan fingerprint density at radius 2 is 2.25 bits per heavy atom. The van der Waals surface area contributed by atoms with Gasteiger partial charge in [0.25, 0.3) is 0 Å². The molecule has 0 radical (unpaired) electrons. The third kappa shape index (κ3) is 2.19. The zero-order chi connectivity index (χ0) is 14.1. The van der Waals surface area contributed by atoms with E-state index in [2.05, 4.69) is 5.32 Å². The topological polar surface area (TPSA) is 60.7 Å². The summed E-state index contributed by atoms with van der Waals surface area (Å²) < 4.78 is 16.1. The molecule has 1 aromatic carbocycles. The van der Waals surface area contributed by atoms with Crippen LogP contribution in [0.15, 0.2) is 27.4 Å². The second-order valence-electron chi connectivity index (χ2n) is 4.87. The van der Waals surface area contributed by atoms with Crippen molar-refractivity contribution in [2.24, 2.45) is 0 Å². The fraction of sp³-hybridized carbons (Fsp3) is 0.400. The number of ether oxygens (including phenoxy) is 2. The Hall–Kier alpha value is -1.85. The van der Waals surface area contributed by atoms with Gasteiger partial charge in [-0.1, -0.05) is 12.1 Å². The second kappa shape index (κ2) is 5.26. The van der Waals surface area contributed by atoms with Gasteiger partial charge in [-0.3, -0.25) is 0 Å². The van der Waals surface area contributed by atoms with Crippen LogP contribution in [0.5, 0.6) is 5.75 Å². The molecule has 20 heavy (non-hydrogen) atoms. The number of benzene rings is 1. The highest BCUT2D eigenvalue weighted by molar-refractivity contribution is 5.82. The van der Waals surface area contributed by atoms with Crippen molar-refractivity contribution in [3.63, 3.8) is 0 Å². The van der Waals surface area contributed by atoms with Crippen molar-refractivity contribution in [1.82, 2.24) is 5.32 Å². The van der Waals surface area contributed by atoms with Gasteiger partial charge in [0.15, 0.2) is 0 Å². The van der Waals surface area contributed by atoms with Gasteiger partial charge >= 0.3 is 5.63 Å². The summed E-state index contributed by atoms with van der Waals surface area (Å²) in [6.07, 6.45) is 0.000796. The minimum absolute atomic E-state index is 0.000796. The molecule has 1 saturated heterocycles. The lowest BCUT2D eigenvalue weighted by Gasteiger charge is -2.24. The second-order valence-corrected chi connectivity index (χ2v) is 4.87. The predicted molar refractivity (Wildman–Crippen MR) is 75.3 cm³/mol. The predicted octanol–water partition coefficient (Wildman–Crippen LogP) is 1.77. The van der Waals surface area contributed by atoms with Gasteiger partial charge in [-0.05, 0) is 18.6 Å². The molecule has 1 aromatic heterocycles. The van der Waals surface area contributed by atoms with E-state index in [9.17, 15) is 4.79 Å². The summed E-state index contributed by atoms with van der Waals surface area (Å²) in [6, 6.07) is 5.83. The summed E-state index contributed by atoms with van der Waals surface area (Å²) in [5, 5.41) is 4.17. The summed E-state index contributed by atoms with van der Waals surface area (Å²) >= 11 is 0. The minimum Gasteiger partial charge on any atom is -0.490 e. The fourth-order valence-corrected chi connectivity index (χ4v) is 2.57. The Kier molecular flexibility index (Phi) is 3.46. The van der Waals surface area contributed by atoms with E-state index >= 15 is 0 Å². The highest BCUT2D eigenvalue weighted by atomic mass is 16.5. The van der Waals surface area contributed by atoms with Gasteiger partial charge in [0, 0.05) is 24.0 Å². The van der Waals surface area contributed by atoms with Crippen LogP contribution in [-0.4, -0.2) is 26.8 Å². The molecule has 1 unspecified atom stereocenters. The average molecular weight is 275 g/mol. The van der Waals surface area contributed by atoms with Gasteiger partial charge in [-0.15, -0.1) is 0 Å². The molecule has 0 bridgehead atoms. The van der Waals surface area contributed by atoms with Crippen LogP contribution in [-0.2, 0) is 4.74 Å². The van der Waals surface area contributed by atoms with E-state index in [1.54, 1.807) is 0 Å². The zero-order valence-corrected chi connectivity index (χ0v) is 11.6. The van der Waals surface area contributed by atoms with Gasteiger partial charge < -0.3 is 19.2 Å². The number of methoxy groups -OCH3 is 1. The lowest BCUT2D eigenvalue weighted by atomic mass is 10.0. The Morgan fingerprint density at radius 3 is 2.95 bits per heavy atom. The molecule has 5 heteroatoms. The largest absolute Gasteiger partial charge is 0.490 e. The maximum atomic E-state index is 11.8. The van der Waals surface area contributed by atoms with Crippen molar-refractivity contribution in [3.05, 3.63) is 39.7 Å². The summed E-state index contributed by atoms with van der Waals surface area (Å²) in [6.45, 7) is 4.19. The van der Waals surface area contributed by atoms with E-state index in [0.717, 1.165) is 29.6 Å². The van der Waals surface area contributed by atoms with E-state index < -0.39 is 5.63 Å². The van der Waals surface area contributed by atoms with Crippen LogP contribution < -0.4 is 15.7 Å². The number of hydrogen-bond acceptors (Lipinski definition) is 5. The Balaban J connectivity index is 2.09. The molecule has 1 atom stereocenters. The van der Waals surface area contributed by atoms with Crippen molar-refractivity contribution in [2.75, 3.05) is 26.8 Å². The smallest absolute Gasteiger partial charge is 0.379 e. The molecule has 5 nitrogen and oxygen atoms in total. The molecular weight excluding hydrogens is 258 g/mol. The number of morpholine rings is 1. The van der Waals surface area contributed by atoms with E-state index in [1.165, 1.54) is 7.11 Å². The first-order valence-corrected chi connectivity index (χ1v) is 6.64. The lowest BCUT2D eigenvalue weighted by molar-refractivity contribution is 0.0277. The van der Waals surface area contributed by atoms with Crippen LogP contribution >= 0.6 is 0 Å². The highest BCUT2D eigenvalue weighted by Gasteiger charge is 2.18. The van der Waals surface area contributed by atoms with Crippen LogP contribution in [0.2, 0.25) is 0 Å². The standard InChI is InChI=1S/C15H17NO4/c1-9-11-4-3-10(13-8-16-5-6-19-13)7-12(11)20-15(17)14(9)18-2/h3-4,7,13,16H,5-6,8H2,1-2H3. The summed E-state index contributed by atoms with van der Waals surface area (Å²) in [5.41, 5.74) is 1.93. The van der Waals surface area contributed by atoms with Crippen LogP contribution in [0.1, 0.15) is 17.2 Å². The van der Waals surface area contributed by atoms with E-state index in [-0.39, 0.29) is 11.9 Å². The molecule has 0 saturated carbocycles. The quantitative estimate of drug-likeness (QED) is 0.846. The van der Waals surface area contributed by atoms with E-state index in [4.69, 9.17) is 13.9 Å². The van der Waals surface area contributed by atoms with Crippen molar-refractivity contribution in [2.45, 2.75) is 13.0 Å². The molecule has 1 fully saturated rings. The van der Waals surface area contributed by atoms with Crippen molar-refractivity contribution in [1.29, 1.82) is 0 Å². The molecule has 1 N–H and O–H groups in total. The van der Waals surface area contributed by atoms with Gasteiger partial charge in [0.1, 0.15) is 5.58 Å². The molecule has 2 heterocycles. The Bertz CT molecular complexity index is 686. The number of rotatable bonds is 2. The molecule has 106 valence electrons. The first-order valence-electron chi connectivity index (χ1n) is 6.64. The third-order valence-electron chi connectivity index (χ3n) is 3.64. The zero-order valence-electron chi connectivity index (χ0n) is 11.6. The maximum absolute atomic E-state index is 11.8. The molecular formula is C15H17NO4. The summed E-state index contributed by atoms with van der Waals surface area (Å²) in [4.78, 5) is 11.8. The van der Waals surface area contributed by atoms with Crippen LogP contribution in [0.25, 0.3) is 11.0 Å². The van der Waals surface area contributed by atoms with Gasteiger partial charge in [0.2, 0.25) is 5.75 Å². The lowest BCUT2D eigenvalue weighted by Crippen LogP contribution is -2.33. The van der Waals surface area contributed by atoms with Crippen LogP contribution in [0.3, 0.4) is 0 Å². The number of fused-ring (bicyclic) bond motifs is 1. The monoisotopic (exact) mass is 275 g/mol. The number of nitrogens with one attached hydrogen (secondary N) is 1. The fourth-order valence-electron chi connectivity index (χ4n) is 2.57. The molecule has 3 rings (SSSR count). The first-order chi connectivity index (χ1) is 9.70. The number of aryl methyl sites for hydroxylation is 1. The number of hydrogen-bond donors (Lipinski definition) is 1. The van der Waals surface area contributed by atoms with E-state index in [1.807, 2.05) is 25.1 Å². The van der Waals surface area contributed by atoms with Crippen molar-refractivity contribution < 1.29 is 13.9 Å². The summed E-state index contributed by atoms with van der Waals surface area (Å²) in [7, 11) is 1.47. The Labute approximate surface area is 116 Å². The summed E-state index contributed by atoms with van der Waals surface area (Å²) in [5.74, 6) is 0.265. The van der Waals surface area contributed by atoms with Crippen molar-refractivity contribution in [3.8, 4) is 5.75 Å². The third-order valence-corrected chi connectivity index (χ3v) is 3.64. The highest BCUT2D eigenvalue weighted by Crippen LogP contribution is 2.27. The Morgan fingerprint density at radius 1 is 1.40 bits per heavy atom. The molecule has 0 amide bonds. The van der Waals surface area contributed by atoms with Crippen LogP contribution in [0, 0.1) is 6.92 Å².